The van der Waals surface area contributed by atoms with Crippen molar-refractivity contribution < 1.29 is 27.6 Å². The lowest BCUT2D eigenvalue weighted by molar-refractivity contribution is -0.200. The van der Waals surface area contributed by atoms with Crippen LogP contribution >= 0.6 is 11.3 Å². The Morgan fingerprint density at radius 2 is 1.85 bits per heavy atom. The van der Waals surface area contributed by atoms with Gasteiger partial charge in [0.25, 0.3) is 17.5 Å². The van der Waals surface area contributed by atoms with E-state index in [4.69, 9.17) is 0 Å². The lowest BCUT2D eigenvalue weighted by Crippen LogP contribution is -2.69. The molecule has 0 aliphatic carbocycles. The average Bonchev–Trinajstić information content (AvgIpc) is 3.22. The zero-order valence-corrected chi connectivity index (χ0v) is 14.6. The zero-order valence-electron chi connectivity index (χ0n) is 13.7. The SMILES string of the molecule is O=C(NC1(C(F)(F)F)NC(=O)N(CCc2ccccc2)C1=O)c1cccs1. The third-order valence-electron chi connectivity index (χ3n) is 4.04. The number of nitrogens with one attached hydrogen (secondary N) is 2. The first kappa shape index (κ1) is 18.9. The number of hydrogen-bond donors (Lipinski definition) is 2. The molecule has 1 fully saturated rings. The monoisotopic (exact) mass is 397 g/mol. The van der Waals surface area contributed by atoms with E-state index < -0.39 is 29.7 Å². The van der Waals surface area contributed by atoms with Gasteiger partial charge in [0.2, 0.25) is 0 Å². The summed E-state index contributed by atoms with van der Waals surface area (Å²) in [6.07, 6.45) is -5.03. The molecular formula is C17H14F3N3O3S. The highest BCUT2D eigenvalue weighted by molar-refractivity contribution is 7.12. The number of hydrogen-bond acceptors (Lipinski definition) is 4. The number of carbonyl (C=O) groups excluding carboxylic acids is 3. The average molecular weight is 397 g/mol. The smallest absolute Gasteiger partial charge is 0.313 e. The van der Waals surface area contributed by atoms with Gasteiger partial charge in [-0.3, -0.25) is 19.8 Å². The lowest BCUT2D eigenvalue weighted by Gasteiger charge is -2.29. The van der Waals surface area contributed by atoms with Crippen LogP contribution in [-0.2, 0) is 11.2 Å². The molecule has 1 aromatic heterocycles. The molecule has 1 aliphatic heterocycles. The van der Waals surface area contributed by atoms with Crippen molar-refractivity contribution in [3.05, 3.63) is 58.3 Å². The van der Waals surface area contributed by atoms with Gasteiger partial charge in [0.15, 0.2) is 0 Å². The second kappa shape index (κ2) is 7.03. The van der Waals surface area contributed by atoms with Gasteiger partial charge in [0.05, 0.1) is 4.88 Å². The quantitative estimate of drug-likeness (QED) is 0.761. The van der Waals surface area contributed by atoms with Gasteiger partial charge in [-0.15, -0.1) is 11.3 Å². The second-order valence-corrected chi connectivity index (χ2v) is 6.75. The van der Waals surface area contributed by atoms with Gasteiger partial charge in [-0.1, -0.05) is 36.4 Å². The summed E-state index contributed by atoms with van der Waals surface area (Å²) in [5.74, 6) is -2.65. The topological polar surface area (TPSA) is 78.5 Å². The Balaban J connectivity index is 1.83. The van der Waals surface area contributed by atoms with Gasteiger partial charge in [-0.25, -0.2) is 4.79 Å². The standard InChI is InChI=1S/C17H14F3N3O3S/c18-17(19,20)16(21-13(24)12-7-4-10-27-12)14(25)23(15(26)22-16)9-8-11-5-2-1-3-6-11/h1-7,10H,8-9H2,(H,21,24)(H,22,26). The third kappa shape index (κ3) is 3.52. The summed E-state index contributed by atoms with van der Waals surface area (Å²) in [6.45, 7) is -0.249. The van der Waals surface area contributed by atoms with Crippen LogP contribution in [0.15, 0.2) is 47.8 Å². The van der Waals surface area contributed by atoms with Crippen molar-refractivity contribution in [3.8, 4) is 0 Å². The summed E-state index contributed by atoms with van der Waals surface area (Å²) < 4.78 is 41.1. The number of alkyl halides is 3. The van der Waals surface area contributed by atoms with Crippen LogP contribution in [0.5, 0.6) is 0 Å². The number of carbonyl (C=O) groups is 3. The Labute approximate surface area is 156 Å². The molecule has 4 amide bonds. The summed E-state index contributed by atoms with van der Waals surface area (Å²) in [6, 6.07) is 10.3. The maximum Gasteiger partial charge on any atom is 0.440 e. The highest BCUT2D eigenvalue weighted by atomic mass is 32.1. The molecule has 0 bridgehead atoms. The maximum atomic E-state index is 13.7. The minimum atomic E-state index is -5.21. The lowest BCUT2D eigenvalue weighted by atomic mass is 10.1. The van der Waals surface area contributed by atoms with Crippen LogP contribution < -0.4 is 10.6 Å². The van der Waals surface area contributed by atoms with Crippen molar-refractivity contribution in [1.29, 1.82) is 0 Å². The van der Waals surface area contributed by atoms with Crippen molar-refractivity contribution in [3.63, 3.8) is 0 Å². The van der Waals surface area contributed by atoms with Crippen molar-refractivity contribution in [2.24, 2.45) is 0 Å². The van der Waals surface area contributed by atoms with E-state index in [1.165, 1.54) is 17.5 Å². The normalized spacial score (nSPS) is 19.9. The largest absolute Gasteiger partial charge is 0.440 e. The molecule has 27 heavy (non-hydrogen) atoms. The second-order valence-electron chi connectivity index (χ2n) is 5.80. The predicted octanol–water partition coefficient (Wildman–Crippen LogP) is 2.53. The highest BCUT2D eigenvalue weighted by Crippen LogP contribution is 2.34. The molecule has 0 spiro atoms. The van der Waals surface area contributed by atoms with Crippen LogP contribution in [0.4, 0.5) is 18.0 Å². The minimum absolute atomic E-state index is 0.0107. The number of nitrogens with zero attached hydrogens (tertiary/aromatic N) is 1. The van der Waals surface area contributed by atoms with E-state index >= 15 is 0 Å². The van der Waals surface area contributed by atoms with Crippen LogP contribution in [0.2, 0.25) is 0 Å². The maximum absolute atomic E-state index is 13.7. The van der Waals surface area contributed by atoms with Crippen molar-refractivity contribution in [1.82, 2.24) is 15.5 Å². The fraction of sp³-hybridized carbons (Fsp3) is 0.235. The molecule has 2 aromatic rings. The number of urea groups is 1. The summed E-state index contributed by atoms with van der Waals surface area (Å²) >= 11 is 0.917. The van der Waals surface area contributed by atoms with E-state index in [0.717, 1.165) is 16.9 Å². The Hall–Kier alpha value is -2.88. The van der Waals surface area contributed by atoms with E-state index in [-0.39, 0.29) is 17.8 Å². The first-order valence-corrected chi connectivity index (χ1v) is 8.73. The third-order valence-corrected chi connectivity index (χ3v) is 4.91. The first-order chi connectivity index (χ1) is 12.7. The molecule has 10 heteroatoms. The van der Waals surface area contributed by atoms with Gasteiger partial charge in [-0.2, -0.15) is 13.2 Å². The van der Waals surface area contributed by atoms with E-state index in [1.807, 2.05) is 0 Å². The van der Waals surface area contributed by atoms with Crippen molar-refractivity contribution in [2.75, 3.05) is 6.54 Å². The van der Waals surface area contributed by atoms with Crippen LogP contribution in [-0.4, -0.2) is 41.1 Å². The molecule has 1 unspecified atom stereocenters. The van der Waals surface area contributed by atoms with Crippen molar-refractivity contribution in [2.45, 2.75) is 18.3 Å². The number of benzene rings is 1. The molecule has 1 saturated heterocycles. The molecule has 2 N–H and O–H groups in total. The Bertz CT molecular complexity index is 855. The van der Waals surface area contributed by atoms with Gasteiger partial charge in [0.1, 0.15) is 0 Å². The summed E-state index contributed by atoms with van der Waals surface area (Å²) in [4.78, 5) is 37.2. The molecule has 0 radical (unpaired) electrons. The number of amides is 4. The fourth-order valence-electron chi connectivity index (χ4n) is 2.65. The molecule has 6 nitrogen and oxygen atoms in total. The number of rotatable bonds is 5. The molecule has 1 aromatic carbocycles. The predicted molar refractivity (Wildman–Crippen MR) is 91.0 cm³/mol. The van der Waals surface area contributed by atoms with Crippen LogP contribution in [0.1, 0.15) is 15.2 Å². The number of halogens is 3. The van der Waals surface area contributed by atoms with Gasteiger partial charge in [0, 0.05) is 6.54 Å². The van der Waals surface area contributed by atoms with Gasteiger partial charge in [-0.05, 0) is 23.4 Å². The highest BCUT2D eigenvalue weighted by Gasteiger charge is 2.68. The van der Waals surface area contributed by atoms with Crippen LogP contribution in [0.25, 0.3) is 0 Å². The van der Waals surface area contributed by atoms with Crippen molar-refractivity contribution >= 4 is 29.2 Å². The van der Waals surface area contributed by atoms with Crippen LogP contribution in [0.3, 0.4) is 0 Å². The summed E-state index contributed by atoms with van der Waals surface area (Å²) in [7, 11) is 0. The Morgan fingerprint density at radius 1 is 1.15 bits per heavy atom. The fourth-order valence-corrected chi connectivity index (χ4v) is 3.27. The van der Waals surface area contributed by atoms with Gasteiger partial charge < -0.3 is 5.32 Å². The van der Waals surface area contributed by atoms with E-state index in [2.05, 4.69) is 0 Å². The molecule has 1 aliphatic rings. The Kier molecular flexibility index (Phi) is 4.92. The summed E-state index contributed by atoms with van der Waals surface area (Å²) in [5.41, 5.74) is -2.73. The molecule has 142 valence electrons. The molecule has 0 saturated carbocycles. The summed E-state index contributed by atoms with van der Waals surface area (Å²) in [5, 5.41) is 4.80. The zero-order chi connectivity index (χ0) is 19.7. The molecule has 3 rings (SSSR count). The molecular weight excluding hydrogens is 383 g/mol. The van der Waals surface area contributed by atoms with E-state index in [9.17, 15) is 27.6 Å². The van der Waals surface area contributed by atoms with Crippen LogP contribution in [0, 0.1) is 0 Å². The van der Waals surface area contributed by atoms with E-state index in [1.54, 1.807) is 41.0 Å². The molecule has 2 heterocycles. The minimum Gasteiger partial charge on any atom is -0.313 e. The first-order valence-electron chi connectivity index (χ1n) is 7.85. The number of thiophene rings is 1. The number of imide groups is 1. The van der Waals surface area contributed by atoms with E-state index in [0.29, 0.717) is 4.90 Å². The Morgan fingerprint density at radius 3 is 2.44 bits per heavy atom. The van der Waals surface area contributed by atoms with Gasteiger partial charge >= 0.3 is 12.2 Å². The molecule has 1 atom stereocenters.